The Kier molecular flexibility index (Phi) is 3.16. The number of benzene rings is 1. The molecule has 0 radical (unpaired) electrons. The molecule has 0 unspecified atom stereocenters. The lowest BCUT2D eigenvalue weighted by Crippen LogP contribution is -2.47. The fourth-order valence-corrected chi connectivity index (χ4v) is 1.84. The Labute approximate surface area is 104 Å². The molecule has 0 bridgehead atoms. The van der Waals surface area contributed by atoms with Crippen LogP contribution in [0.25, 0.3) is 0 Å². The smallest absolute Gasteiger partial charge is 0.346 e. The van der Waals surface area contributed by atoms with E-state index in [1.165, 1.54) is 12.2 Å². The second-order valence-corrected chi connectivity index (χ2v) is 3.84. The standard InChI is InChI=1S/C13H12O5/c1-17-12(15)13(16,9-5-3-2-4-6-9)10-7-8-11(14)18-10/h2-8,10,16H,1H3/t10-,13-/m0/s1. The molecule has 0 aliphatic carbocycles. The predicted octanol–water partition coefficient (Wildman–Crippen LogP) is 0.529. The number of carbonyl (C=O) groups is 2. The lowest BCUT2D eigenvalue weighted by molar-refractivity contribution is -0.179. The molecule has 0 amide bonds. The van der Waals surface area contributed by atoms with Crippen molar-refractivity contribution in [2.75, 3.05) is 7.11 Å². The van der Waals surface area contributed by atoms with Crippen LogP contribution in [0.2, 0.25) is 0 Å². The number of rotatable bonds is 3. The number of hydrogen-bond acceptors (Lipinski definition) is 5. The minimum absolute atomic E-state index is 0.307. The Morgan fingerprint density at radius 1 is 1.39 bits per heavy atom. The lowest BCUT2D eigenvalue weighted by atomic mass is 9.88. The van der Waals surface area contributed by atoms with Crippen molar-refractivity contribution in [3.05, 3.63) is 48.0 Å². The highest BCUT2D eigenvalue weighted by molar-refractivity contribution is 5.88. The maximum absolute atomic E-state index is 11.8. The van der Waals surface area contributed by atoms with Crippen molar-refractivity contribution in [1.82, 2.24) is 0 Å². The van der Waals surface area contributed by atoms with E-state index in [1.54, 1.807) is 30.3 Å². The maximum Gasteiger partial charge on any atom is 0.346 e. The van der Waals surface area contributed by atoms with Crippen molar-refractivity contribution in [1.29, 1.82) is 0 Å². The van der Waals surface area contributed by atoms with E-state index in [0.29, 0.717) is 5.56 Å². The number of aliphatic hydroxyl groups is 1. The molecule has 1 aromatic carbocycles. The Morgan fingerprint density at radius 3 is 2.56 bits per heavy atom. The second-order valence-electron chi connectivity index (χ2n) is 3.84. The highest BCUT2D eigenvalue weighted by atomic mass is 16.6. The van der Waals surface area contributed by atoms with E-state index < -0.39 is 23.6 Å². The molecule has 1 aliphatic rings. The van der Waals surface area contributed by atoms with Crippen LogP contribution < -0.4 is 0 Å². The van der Waals surface area contributed by atoms with Gasteiger partial charge in [-0.05, 0) is 11.6 Å². The summed E-state index contributed by atoms with van der Waals surface area (Å²) in [5, 5.41) is 10.6. The molecular formula is C13H12O5. The van der Waals surface area contributed by atoms with Gasteiger partial charge in [-0.15, -0.1) is 0 Å². The van der Waals surface area contributed by atoms with E-state index in [9.17, 15) is 14.7 Å². The zero-order valence-electron chi connectivity index (χ0n) is 9.70. The van der Waals surface area contributed by atoms with Crippen LogP contribution in [0, 0.1) is 0 Å². The van der Waals surface area contributed by atoms with Gasteiger partial charge < -0.3 is 14.6 Å². The molecule has 0 spiro atoms. The molecule has 2 rings (SSSR count). The first-order valence-corrected chi connectivity index (χ1v) is 5.34. The average molecular weight is 248 g/mol. The third-order valence-corrected chi connectivity index (χ3v) is 2.77. The van der Waals surface area contributed by atoms with Gasteiger partial charge in [0.05, 0.1) is 7.11 Å². The molecule has 94 valence electrons. The van der Waals surface area contributed by atoms with Gasteiger partial charge in [-0.3, -0.25) is 0 Å². The van der Waals surface area contributed by atoms with Gasteiger partial charge in [0, 0.05) is 6.08 Å². The quantitative estimate of drug-likeness (QED) is 0.790. The van der Waals surface area contributed by atoms with E-state index in [4.69, 9.17) is 4.74 Å². The molecule has 18 heavy (non-hydrogen) atoms. The van der Waals surface area contributed by atoms with Gasteiger partial charge in [0.2, 0.25) is 5.60 Å². The zero-order valence-corrected chi connectivity index (χ0v) is 9.70. The second kappa shape index (κ2) is 4.62. The topological polar surface area (TPSA) is 72.8 Å². The van der Waals surface area contributed by atoms with E-state index in [-0.39, 0.29) is 0 Å². The van der Waals surface area contributed by atoms with Crippen LogP contribution in [0.15, 0.2) is 42.5 Å². The lowest BCUT2D eigenvalue weighted by Gasteiger charge is -2.29. The molecule has 0 saturated carbocycles. The van der Waals surface area contributed by atoms with Crippen LogP contribution in [0.3, 0.4) is 0 Å². The van der Waals surface area contributed by atoms with Gasteiger partial charge in [-0.25, -0.2) is 9.59 Å². The number of methoxy groups -OCH3 is 1. The summed E-state index contributed by atoms with van der Waals surface area (Å²) < 4.78 is 9.51. The summed E-state index contributed by atoms with van der Waals surface area (Å²) in [7, 11) is 1.16. The molecule has 1 aliphatic heterocycles. The predicted molar refractivity (Wildman–Crippen MR) is 61.4 cm³/mol. The molecule has 5 heteroatoms. The van der Waals surface area contributed by atoms with Crippen LogP contribution in [-0.2, 0) is 24.7 Å². The zero-order chi connectivity index (χ0) is 13.2. The molecule has 1 N–H and O–H groups in total. The number of cyclic esters (lactones) is 1. The highest BCUT2D eigenvalue weighted by Gasteiger charge is 2.49. The van der Waals surface area contributed by atoms with Crippen molar-refractivity contribution in [3.63, 3.8) is 0 Å². The molecular weight excluding hydrogens is 236 g/mol. The summed E-state index contributed by atoms with van der Waals surface area (Å²) in [5.41, 5.74) is -1.72. The van der Waals surface area contributed by atoms with Crippen molar-refractivity contribution in [2.45, 2.75) is 11.7 Å². The fourth-order valence-electron chi connectivity index (χ4n) is 1.84. The average Bonchev–Trinajstić information content (AvgIpc) is 2.85. The molecule has 2 atom stereocenters. The van der Waals surface area contributed by atoms with Crippen molar-refractivity contribution < 1.29 is 24.2 Å². The van der Waals surface area contributed by atoms with Crippen LogP contribution in [0.1, 0.15) is 5.56 Å². The molecule has 0 fully saturated rings. The van der Waals surface area contributed by atoms with Crippen LogP contribution in [-0.4, -0.2) is 30.3 Å². The summed E-state index contributed by atoms with van der Waals surface area (Å²) in [4.78, 5) is 22.9. The van der Waals surface area contributed by atoms with Gasteiger partial charge in [0.25, 0.3) is 0 Å². The van der Waals surface area contributed by atoms with E-state index in [0.717, 1.165) is 7.11 Å². The minimum atomic E-state index is -2.03. The van der Waals surface area contributed by atoms with E-state index >= 15 is 0 Å². The molecule has 5 nitrogen and oxygen atoms in total. The monoisotopic (exact) mass is 248 g/mol. The fraction of sp³-hybridized carbons (Fsp3) is 0.231. The SMILES string of the molecule is COC(=O)[C@](O)(c1ccccc1)[C@@H]1C=CC(=O)O1. The largest absolute Gasteiger partial charge is 0.467 e. The minimum Gasteiger partial charge on any atom is -0.467 e. The number of carbonyl (C=O) groups excluding carboxylic acids is 2. The van der Waals surface area contributed by atoms with E-state index in [1.807, 2.05) is 0 Å². The van der Waals surface area contributed by atoms with Crippen molar-refractivity contribution in [2.24, 2.45) is 0 Å². The van der Waals surface area contributed by atoms with Crippen molar-refractivity contribution >= 4 is 11.9 Å². The van der Waals surface area contributed by atoms with Crippen LogP contribution in [0.5, 0.6) is 0 Å². The first kappa shape index (κ1) is 12.3. The van der Waals surface area contributed by atoms with Crippen molar-refractivity contribution in [3.8, 4) is 0 Å². The van der Waals surface area contributed by atoms with Gasteiger partial charge in [0.15, 0.2) is 6.10 Å². The third-order valence-electron chi connectivity index (χ3n) is 2.77. The van der Waals surface area contributed by atoms with Gasteiger partial charge >= 0.3 is 11.9 Å². The van der Waals surface area contributed by atoms with Crippen LogP contribution in [0.4, 0.5) is 0 Å². The number of ether oxygens (including phenoxy) is 2. The normalized spacial score (nSPS) is 21.2. The summed E-state index contributed by atoms with van der Waals surface area (Å²) in [6.07, 6.45) is 1.42. The Hall–Kier alpha value is -2.14. The first-order valence-electron chi connectivity index (χ1n) is 5.34. The number of esters is 2. The molecule has 0 saturated heterocycles. The Balaban J connectivity index is 2.45. The molecule has 0 aromatic heterocycles. The first-order chi connectivity index (χ1) is 8.59. The van der Waals surface area contributed by atoms with Gasteiger partial charge in [-0.2, -0.15) is 0 Å². The summed E-state index contributed by atoms with van der Waals surface area (Å²) in [6.45, 7) is 0. The van der Waals surface area contributed by atoms with E-state index in [2.05, 4.69) is 4.74 Å². The molecule has 1 aromatic rings. The van der Waals surface area contributed by atoms with Gasteiger partial charge in [-0.1, -0.05) is 30.3 Å². The number of hydrogen-bond donors (Lipinski definition) is 1. The summed E-state index contributed by atoms with van der Waals surface area (Å²) in [6, 6.07) is 8.22. The Morgan fingerprint density at radius 2 is 2.06 bits per heavy atom. The molecule has 1 heterocycles. The summed E-state index contributed by atoms with van der Waals surface area (Å²) >= 11 is 0. The maximum atomic E-state index is 11.8. The Bertz CT molecular complexity index is 493. The highest BCUT2D eigenvalue weighted by Crippen LogP contribution is 2.31. The third kappa shape index (κ3) is 1.89. The van der Waals surface area contributed by atoms with Crippen LogP contribution >= 0.6 is 0 Å². The van der Waals surface area contributed by atoms with Gasteiger partial charge in [0.1, 0.15) is 0 Å². The summed E-state index contributed by atoms with van der Waals surface area (Å²) in [5.74, 6) is -1.48.